The molecule has 27 heavy (non-hydrogen) atoms. The molecule has 144 valence electrons. The van der Waals surface area contributed by atoms with Crippen molar-refractivity contribution in [3.63, 3.8) is 0 Å². The number of aromatic nitrogens is 1. The van der Waals surface area contributed by atoms with Gasteiger partial charge in [-0.25, -0.2) is 4.98 Å². The second-order valence-corrected chi connectivity index (χ2v) is 6.43. The quantitative estimate of drug-likeness (QED) is 0.772. The molecule has 1 aliphatic rings. The monoisotopic (exact) mass is 371 g/mol. The molecule has 1 saturated carbocycles. The molecule has 1 aromatic heterocycles. The predicted molar refractivity (Wildman–Crippen MR) is 104 cm³/mol. The molecule has 3 rings (SSSR count). The molecule has 1 heterocycles. The molecular weight excluding hydrogens is 346 g/mol. The normalized spacial score (nSPS) is 13.9. The van der Waals surface area contributed by atoms with Crippen LogP contribution in [0.25, 0.3) is 0 Å². The van der Waals surface area contributed by atoms with Crippen molar-refractivity contribution in [2.75, 3.05) is 32.0 Å². The number of anilines is 2. The van der Waals surface area contributed by atoms with E-state index in [1.807, 2.05) is 6.07 Å². The molecule has 1 aromatic carbocycles. The van der Waals surface area contributed by atoms with Crippen LogP contribution in [0.2, 0.25) is 0 Å². The van der Waals surface area contributed by atoms with E-state index in [9.17, 15) is 4.79 Å². The lowest BCUT2D eigenvalue weighted by atomic mass is 10.2. The third-order valence-electron chi connectivity index (χ3n) is 4.66. The molecule has 1 amide bonds. The van der Waals surface area contributed by atoms with Crippen molar-refractivity contribution in [3.05, 3.63) is 36.0 Å². The lowest BCUT2D eigenvalue weighted by Crippen LogP contribution is -2.16. The Labute approximate surface area is 159 Å². The molecule has 1 fully saturated rings. The molecular formula is C20H25N3O4. The summed E-state index contributed by atoms with van der Waals surface area (Å²) in [5, 5.41) is 6.25. The lowest BCUT2D eigenvalue weighted by Gasteiger charge is -2.15. The fourth-order valence-corrected chi connectivity index (χ4v) is 3.25. The highest BCUT2D eigenvalue weighted by molar-refractivity contribution is 6.04. The Morgan fingerprint density at radius 3 is 2.22 bits per heavy atom. The van der Waals surface area contributed by atoms with Gasteiger partial charge in [-0.3, -0.25) is 4.79 Å². The van der Waals surface area contributed by atoms with Crippen LogP contribution in [-0.2, 0) is 0 Å². The van der Waals surface area contributed by atoms with Gasteiger partial charge in [0.2, 0.25) is 5.75 Å². The van der Waals surface area contributed by atoms with Gasteiger partial charge < -0.3 is 24.8 Å². The number of ether oxygens (including phenoxy) is 3. The van der Waals surface area contributed by atoms with Crippen LogP contribution in [0, 0.1) is 0 Å². The van der Waals surface area contributed by atoms with E-state index in [0.717, 1.165) is 5.82 Å². The number of hydrogen-bond acceptors (Lipinski definition) is 6. The van der Waals surface area contributed by atoms with E-state index in [-0.39, 0.29) is 5.91 Å². The Morgan fingerprint density at radius 1 is 1.04 bits per heavy atom. The van der Waals surface area contributed by atoms with Gasteiger partial charge in [0.15, 0.2) is 11.5 Å². The summed E-state index contributed by atoms with van der Waals surface area (Å²) >= 11 is 0. The number of pyridine rings is 1. The van der Waals surface area contributed by atoms with E-state index < -0.39 is 0 Å². The van der Waals surface area contributed by atoms with E-state index >= 15 is 0 Å². The molecule has 0 unspecified atom stereocenters. The Bertz CT molecular complexity index is 761. The van der Waals surface area contributed by atoms with Crippen molar-refractivity contribution in [1.29, 1.82) is 0 Å². The van der Waals surface area contributed by atoms with Crippen LogP contribution >= 0.6 is 0 Å². The molecule has 0 aliphatic heterocycles. The number of benzene rings is 1. The molecule has 0 spiro atoms. The first-order valence-corrected chi connectivity index (χ1v) is 8.98. The molecule has 1 aliphatic carbocycles. The maximum Gasteiger partial charge on any atom is 0.257 e. The summed E-state index contributed by atoms with van der Waals surface area (Å²) in [7, 11) is 4.59. The zero-order chi connectivity index (χ0) is 19.2. The third-order valence-corrected chi connectivity index (χ3v) is 4.66. The van der Waals surface area contributed by atoms with E-state index in [4.69, 9.17) is 14.2 Å². The van der Waals surface area contributed by atoms with Crippen LogP contribution in [0.4, 0.5) is 11.5 Å². The Balaban J connectivity index is 1.71. The van der Waals surface area contributed by atoms with E-state index in [1.165, 1.54) is 47.0 Å². The van der Waals surface area contributed by atoms with Gasteiger partial charge >= 0.3 is 0 Å². The van der Waals surface area contributed by atoms with Gasteiger partial charge in [0.1, 0.15) is 5.82 Å². The lowest BCUT2D eigenvalue weighted by molar-refractivity contribution is 0.102. The average molecular weight is 371 g/mol. The van der Waals surface area contributed by atoms with Gasteiger partial charge in [-0.15, -0.1) is 0 Å². The highest BCUT2D eigenvalue weighted by Gasteiger charge is 2.17. The van der Waals surface area contributed by atoms with Crippen LogP contribution in [0.5, 0.6) is 17.2 Å². The average Bonchev–Trinajstić information content (AvgIpc) is 3.20. The fraction of sp³-hybridized carbons (Fsp3) is 0.400. The molecule has 0 radical (unpaired) electrons. The number of amides is 1. The first kappa shape index (κ1) is 18.8. The molecule has 0 saturated heterocycles. The molecule has 7 nitrogen and oxygen atoms in total. The number of nitrogens with one attached hydrogen (secondary N) is 2. The van der Waals surface area contributed by atoms with Crippen LogP contribution in [0.3, 0.4) is 0 Å². The predicted octanol–water partition coefficient (Wildman–Crippen LogP) is 3.71. The number of rotatable bonds is 7. The second kappa shape index (κ2) is 8.62. The zero-order valence-corrected chi connectivity index (χ0v) is 15.9. The van der Waals surface area contributed by atoms with Gasteiger partial charge in [-0.2, -0.15) is 0 Å². The molecule has 0 bridgehead atoms. The summed E-state index contributed by atoms with van der Waals surface area (Å²) < 4.78 is 15.9. The maximum absolute atomic E-state index is 12.5. The summed E-state index contributed by atoms with van der Waals surface area (Å²) in [4.78, 5) is 16.9. The number of carbonyl (C=O) groups excluding carboxylic acids is 1. The summed E-state index contributed by atoms with van der Waals surface area (Å²) in [6, 6.07) is 7.45. The van der Waals surface area contributed by atoms with Crippen LogP contribution in [0.1, 0.15) is 36.0 Å². The standard InChI is InChI=1S/C20H25N3O4/c1-25-16-10-15(11-17(26-2)19(16)27-3)23-20(24)13-8-9-18(21-12-13)22-14-6-4-5-7-14/h8-12,14H,4-7H2,1-3H3,(H,21,22)(H,23,24). The molecule has 7 heteroatoms. The van der Waals surface area contributed by atoms with Crippen LogP contribution in [0.15, 0.2) is 30.5 Å². The third kappa shape index (κ3) is 4.42. The van der Waals surface area contributed by atoms with Gasteiger partial charge in [-0.1, -0.05) is 12.8 Å². The molecule has 2 N–H and O–H groups in total. The van der Waals surface area contributed by atoms with Crippen molar-refractivity contribution < 1.29 is 19.0 Å². The fourth-order valence-electron chi connectivity index (χ4n) is 3.25. The van der Waals surface area contributed by atoms with Crippen molar-refractivity contribution in [2.24, 2.45) is 0 Å². The zero-order valence-electron chi connectivity index (χ0n) is 15.9. The highest BCUT2D eigenvalue weighted by atomic mass is 16.5. The number of hydrogen-bond donors (Lipinski definition) is 2. The van der Waals surface area contributed by atoms with E-state index in [2.05, 4.69) is 15.6 Å². The Morgan fingerprint density at radius 2 is 1.70 bits per heavy atom. The van der Waals surface area contributed by atoms with Crippen LogP contribution in [-0.4, -0.2) is 38.3 Å². The van der Waals surface area contributed by atoms with Crippen molar-refractivity contribution in [3.8, 4) is 17.2 Å². The second-order valence-electron chi connectivity index (χ2n) is 6.43. The number of methoxy groups -OCH3 is 3. The minimum Gasteiger partial charge on any atom is -0.493 e. The Kier molecular flexibility index (Phi) is 6.01. The summed E-state index contributed by atoms with van der Waals surface area (Å²) in [5.74, 6) is 1.96. The van der Waals surface area contributed by atoms with Gasteiger partial charge in [0.05, 0.1) is 26.9 Å². The Hall–Kier alpha value is -2.96. The van der Waals surface area contributed by atoms with Crippen molar-refractivity contribution >= 4 is 17.4 Å². The van der Waals surface area contributed by atoms with Crippen molar-refractivity contribution in [2.45, 2.75) is 31.7 Å². The summed E-state index contributed by atoms with van der Waals surface area (Å²) in [6.45, 7) is 0. The topological polar surface area (TPSA) is 81.7 Å². The molecule has 2 aromatic rings. The van der Waals surface area contributed by atoms with Crippen molar-refractivity contribution in [1.82, 2.24) is 4.98 Å². The van der Waals surface area contributed by atoms with Gasteiger partial charge in [-0.05, 0) is 25.0 Å². The first-order chi connectivity index (χ1) is 13.1. The minimum atomic E-state index is -0.260. The summed E-state index contributed by atoms with van der Waals surface area (Å²) in [6.07, 6.45) is 6.43. The number of nitrogens with zero attached hydrogens (tertiary/aromatic N) is 1. The van der Waals surface area contributed by atoms with E-state index in [1.54, 1.807) is 24.4 Å². The smallest absolute Gasteiger partial charge is 0.257 e. The van der Waals surface area contributed by atoms with E-state index in [0.29, 0.717) is 34.5 Å². The van der Waals surface area contributed by atoms with Crippen LogP contribution < -0.4 is 24.8 Å². The first-order valence-electron chi connectivity index (χ1n) is 8.98. The minimum absolute atomic E-state index is 0.260. The summed E-state index contributed by atoms with van der Waals surface area (Å²) in [5.41, 5.74) is 1.02. The largest absolute Gasteiger partial charge is 0.493 e. The number of carbonyl (C=O) groups is 1. The van der Waals surface area contributed by atoms with Gasteiger partial charge in [0.25, 0.3) is 5.91 Å². The SMILES string of the molecule is COc1cc(NC(=O)c2ccc(NC3CCCC3)nc2)cc(OC)c1OC. The molecule has 0 atom stereocenters. The van der Waals surface area contributed by atoms with Gasteiger partial charge in [0, 0.05) is 30.1 Å². The highest BCUT2D eigenvalue weighted by Crippen LogP contribution is 2.40. The maximum atomic E-state index is 12.5.